The molecule has 0 spiro atoms. The van der Waals surface area contributed by atoms with E-state index in [0.29, 0.717) is 117 Å². The highest BCUT2D eigenvalue weighted by molar-refractivity contribution is 5.94. The number of fused-ring (bicyclic) bond motifs is 5. The molecule has 1 aromatic carbocycles. The van der Waals surface area contributed by atoms with Gasteiger partial charge in [-0.1, -0.05) is 166 Å². The van der Waals surface area contributed by atoms with Crippen LogP contribution >= 0.6 is 0 Å². The number of ketones is 2. The zero-order valence-corrected chi connectivity index (χ0v) is 86.3. The van der Waals surface area contributed by atoms with Gasteiger partial charge in [-0.15, -0.1) is 0 Å². The largest absolute Gasteiger partial charge is 0.468 e. The molecule has 1 amide bonds. The van der Waals surface area contributed by atoms with E-state index in [2.05, 4.69) is 139 Å². The van der Waals surface area contributed by atoms with Crippen LogP contribution in [0.2, 0.25) is 0 Å². The van der Waals surface area contributed by atoms with E-state index in [0.717, 1.165) is 144 Å². The van der Waals surface area contributed by atoms with Crippen molar-refractivity contribution < 1.29 is 100 Å². The standard InChI is InChI=1S/C26H35NO3.C25H32N2O3.C22H33NO5.C21H28F3NO3.C21H32N2O4/c1-17-9-10-21-18(2)24(28)11-13-26(21,3)22(17)15-23(20-12-14-30-25(20)29)27-16-19-7-5-4-6-8-19;1-16-6-7-20-17(2)23(28)8-10-25(20,3)21(16)13-22(19-9-12-30-24(19)29)27-15-18-5-4-11-26-14-18;1-13-5-6-16-14(2)19(24)7-9-22(16,3)17(13)11-18(23-12-20(25)27-4)15-8-10-28-21(15)26;1-12-4-5-15-13(2)18(26)6-8-20(15,3)16(12)10-17(25-11-21(22,23)24)14-7-9-28-19(14)27;1-12-4-5-15-13(2)18(24)6-8-21(15,3)16(12)10-17(23-11-19(22)25)14-7-9-27-20(14)26/h4-8,12,18,21-24,27-28H,1,9-11,13-16H2,2-3H3;4-5,9,11,14,17,20-22,27H,1,6-8,10,12-13,15H2,2-3H3;8,14,16-19,23-24H,1,5-7,9-12H2,2-4H3;7,13,15-17,25H,1,4-6,8-11H2,2-3H3;7,13,15-18,23-24H,1,4-6,8-11H2,2-3H3,(H2,22,25)/t18-,21?,22-,23?,24?,26+;17-,20?,21-,22?,25+;14-,16?,17-,18?,19?,22+;13-,15?,16-,17?,20+;13-,15?,16-,17?,18?,21+/m11111/s1. The third-order valence-corrected chi connectivity index (χ3v) is 37.7. The van der Waals surface area contributed by atoms with Crippen molar-refractivity contribution in [3.8, 4) is 0 Å². The first-order chi connectivity index (χ1) is 67.8. The molecule has 0 saturated heterocycles. The molecule has 28 heteroatoms. The molecule has 10 fully saturated rings. The average molecular weight is 1990 g/mol. The molecule has 17 rings (SSSR count). The Labute approximate surface area is 844 Å². The molecule has 0 bridgehead atoms. The number of aliphatic hydroxyl groups excluding tert-OH is 3. The van der Waals surface area contributed by atoms with Gasteiger partial charge in [0.05, 0.1) is 72.9 Å². The smallest absolute Gasteiger partial charge is 0.401 e. The van der Waals surface area contributed by atoms with Gasteiger partial charge in [0, 0.05) is 80.4 Å². The number of alkyl halides is 3. The van der Waals surface area contributed by atoms with Crippen LogP contribution in [0, 0.1) is 116 Å². The van der Waals surface area contributed by atoms with Gasteiger partial charge >= 0.3 is 42.0 Å². The number of nitrogens with two attached hydrogens (primary N) is 1. The molecule has 0 radical (unpaired) electrons. The van der Waals surface area contributed by atoms with Crippen LogP contribution in [0.5, 0.6) is 0 Å². The van der Waals surface area contributed by atoms with Gasteiger partial charge in [0.1, 0.15) is 44.6 Å². The average Bonchev–Trinajstić information content (AvgIpc) is 1.76. The quantitative estimate of drug-likeness (QED) is 0.0207. The molecule has 2 aromatic rings. The van der Waals surface area contributed by atoms with Crippen LogP contribution in [0.25, 0.3) is 0 Å². The number of pyridine rings is 1. The van der Waals surface area contributed by atoms with E-state index in [1.165, 1.54) is 35.0 Å². The van der Waals surface area contributed by atoms with Crippen LogP contribution < -0.4 is 32.3 Å². The maximum absolute atomic E-state index is 12.8. The number of cyclic esters (lactones) is 5. The fraction of sp³-hybridized carbons (Fsp3) is 0.652. The molecule has 13 unspecified atom stereocenters. The molecule has 6 heterocycles. The van der Waals surface area contributed by atoms with E-state index < -0.39 is 30.6 Å². The van der Waals surface area contributed by atoms with Gasteiger partial charge in [-0.3, -0.25) is 29.5 Å². The minimum atomic E-state index is -4.37. The number of ether oxygens (including phenoxy) is 6. The number of nitrogens with one attached hydrogen (secondary N) is 5. The van der Waals surface area contributed by atoms with Gasteiger partial charge in [0.2, 0.25) is 5.91 Å². The Balaban J connectivity index is 0.000000150. The number of Topliss-reactive ketones (excluding diaryl/α,β-unsaturated/α-hetero) is 2. The van der Waals surface area contributed by atoms with Gasteiger partial charge < -0.3 is 70.7 Å². The molecule has 784 valence electrons. The molecule has 10 N–H and O–H groups in total. The van der Waals surface area contributed by atoms with Crippen molar-refractivity contribution in [1.29, 1.82) is 0 Å². The van der Waals surface area contributed by atoms with Crippen LogP contribution in [0.1, 0.15) is 241 Å². The lowest BCUT2D eigenvalue weighted by atomic mass is 9.50. The van der Waals surface area contributed by atoms with Crippen LogP contribution in [-0.2, 0) is 84.7 Å². The Kier molecular flexibility index (Phi) is 37.1. The second-order valence-electron chi connectivity index (χ2n) is 45.4. The van der Waals surface area contributed by atoms with E-state index in [9.17, 15) is 71.6 Å². The summed E-state index contributed by atoms with van der Waals surface area (Å²) < 4.78 is 68.9. The Morgan fingerprint density at radius 2 is 0.713 bits per heavy atom. The summed E-state index contributed by atoms with van der Waals surface area (Å²) in [6.45, 7) is 45.5. The number of amides is 1. The number of carbonyl (C=O) groups excluding carboxylic acids is 9. The number of aliphatic hydroxyl groups is 3. The highest BCUT2D eigenvalue weighted by Gasteiger charge is 2.59. The summed E-state index contributed by atoms with van der Waals surface area (Å²) >= 11 is 0. The van der Waals surface area contributed by atoms with E-state index in [4.69, 9.17) is 34.2 Å². The normalized spacial score (nSPS) is 35.1. The fourth-order valence-corrected chi connectivity index (χ4v) is 29.1. The van der Waals surface area contributed by atoms with Gasteiger partial charge in [0.25, 0.3) is 0 Å². The number of carbonyl (C=O) groups is 9. The number of esters is 6. The fourth-order valence-electron chi connectivity index (χ4n) is 29.1. The molecule has 143 heavy (non-hydrogen) atoms. The first-order valence-electron chi connectivity index (χ1n) is 52.7. The summed E-state index contributed by atoms with van der Waals surface area (Å²) in [4.78, 5) is 113. The number of allylic oxidation sites excluding steroid dienone is 5. The third-order valence-electron chi connectivity index (χ3n) is 37.7. The minimum absolute atomic E-state index is 0.0176. The summed E-state index contributed by atoms with van der Waals surface area (Å²) in [7, 11) is 1.35. The first-order valence-corrected chi connectivity index (χ1v) is 52.7. The maximum atomic E-state index is 12.8. The third kappa shape index (κ3) is 25.3. The lowest BCUT2D eigenvalue weighted by Gasteiger charge is -2.56. The number of rotatable bonds is 29. The second kappa shape index (κ2) is 47.8. The van der Waals surface area contributed by atoms with Crippen molar-refractivity contribution in [3.63, 3.8) is 0 Å². The van der Waals surface area contributed by atoms with Crippen LogP contribution in [0.4, 0.5) is 13.2 Å². The molecule has 25 nitrogen and oxygen atoms in total. The van der Waals surface area contributed by atoms with Gasteiger partial charge in [0.15, 0.2) is 0 Å². The lowest BCUT2D eigenvalue weighted by molar-refractivity contribution is -0.140. The topological polar surface area (TPSA) is 369 Å². The lowest BCUT2D eigenvalue weighted by Crippen LogP contribution is -2.51. The van der Waals surface area contributed by atoms with Crippen LogP contribution in [0.15, 0.2) is 174 Å². The van der Waals surface area contributed by atoms with E-state index in [1.54, 1.807) is 24.4 Å². The number of benzene rings is 1. The van der Waals surface area contributed by atoms with E-state index in [1.807, 2.05) is 55.6 Å². The number of hydrogen-bond donors (Lipinski definition) is 9. The molecule has 1 aromatic heterocycles. The molecule has 10 saturated carbocycles. The summed E-state index contributed by atoms with van der Waals surface area (Å²) in [5.41, 5.74) is 16.5. The molecule has 28 atom stereocenters. The number of nitrogens with zero attached hydrogens (tertiary/aromatic N) is 1. The molecule has 10 aliphatic carbocycles. The van der Waals surface area contributed by atoms with Crippen molar-refractivity contribution in [1.82, 2.24) is 31.6 Å². The molecular weight excluding hydrogens is 1820 g/mol. The van der Waals surface area contributed by atoms with Crippen molar-refractivity contribution in [3.05, 3.63) is 185 Å². The number of aromatic nitrogens is 1. The Morgan fingerprint density at radius 1 is 0.420 bits per heavy atom. The predicted octanol–water partition coefficient (Wildman–Crippen LogP) is 16.4. The monoisotopic (exact) mass is 1980 g/mol. The summed E-state index contributed by atoms with van der Waals surface area (Å²) in [5.74, 6) is 2.00. The molecular formula is C115H160F3N7O18. The van der Waals surface area contributed by atoms with Crippen molar-refractivity contribution in [2.75, 3.05) is 59.8 Å². The second-order valence-corrected chi connectivity index (χ2v) is 45.4. The number of methoxy groups -OCH3 is 1. The zero-order valence-electron chi connectivity index (χ0n) is 86.3. The number of primary amides is 1. The van der Waals surface area contributed by atoms with Crippen molar-refractivity contribution >= 4 is 53.3 Å². The molecule has 5 aliphatic heterocycles. The Morgan fingerprint density at radius 3 is 1.01 bits per heavy atom. The zero-order chi connectivity index (χ0) is 104. The van der Waals surface area contributed by atoms with E-state index >= 15 is 0 Å². The minimum Gasteiger partial charge on any atom is -0.468 e. The summed E-state index contributed by atoms with van der Waals surface area (Å²) in [6, 6.07) is 12.8. The maximum Gasteiger partial charge on any atom is 0.401 e. The summed E-state index contributed by atoms with van der Waals surface area (Å²) in [5, 5.41) is 47.4. The van der Waals surface area contributed by atoms with Crippen molar-refractivity contribution in [2.45, 2.75) is 298 Å². The summed E-state index contributed by atoms with van der Waals surface area (Å²) in [6.07, 6.45) is 28.7. The molecule has 15 aliphatic rings. The van der Waals surface area contributed by atoms with Crippen LogP contribution in [-0.4, -0.2) is 188 Å². The van der Waals surface area contributed by atoms with Gasteiger partial charge in [-0.2, -0.15) is 13.2 Å². The van der Waals surface area contributed by atoms with E-state index in [-0.39, 0.29) is 197 Å². The predicted molar refractivity (Wildman–Crippen MR) is 540 cm³/mol. The van der Waals surface area contributed by atoms with Crippen molar-refractivity contribution in [2.24, 2.45) is 122 Å². The number of hydrogen-bond acceptors (Lipinski definition) is 24. The number of halogens is 3. The van der Waals surface area contributed by atoms with Gasteiger partial charge in [-0.05, 0) is 299 Å². The van der Waals surface area contributed by atoms with Gasteiger partial charge in [-0.25, -0.2) is 24.0 Å². The SMILES string of the molecule is C=C1CCC2[C@@H](C)C(=O)CC[C@]2(C)[C@@H]1CC(NCC(F)(F)F)C1=CCOC1=O.C=C1CCC2[C@@H](C)C(=O)CC[C@]2(C)[C@@H]1CC(NCc1cccnc1)C1=CCOC1=O.C=C1CCC2[C@@H](C)C(O)CC[C@]2(C)[C@@H]1CC(NCC(=O)OC)C1=CCOC1=O.C=C1CCC2[C@@H](C)C(O)CC[C@]2(C)[C@@H]1CC(NCC(N)=O)C1=CCOC1=O.C=C1CCC2[C@@H](C)C(O)CC[C@]2(C)[C@@H]1CC(NCc1ccccc1)C1=CCOC1=O. The Hall–Kier alpha value is -9.13. The Bertz CT molecular complexity index is 5160. The first kappa shape index (κ1) is 111. The highest BCUT2D eigenvalue weighted by Crippen LogP contribution is 2.64. The highest BCUT2D eigenvalue weighted by atomic mass is 19.4. The van der Waals surface area contributed by atoms with Crippen LogP contribution in [0.3, 0.4) is 0 Å².